The largest absolute Gasteiger partial charge is 0.465 e. The number of anilines is 1. The number of halogens is 2. The van der Waals surface area contributed by atoms with Crippen molar-refractivity contribution in [1.29, 1.82) is 0 Å². The van der Waals surface area contributed by atoms with E-state index in [1.165, 1.54) is 4.90 Å². The van der Waals surface area contributed by atoms with E-state index in [1.807, 2.05) is 18.2 Å². The Morgan fingerprint density at radius 2 is 2.02 bits per heavy atom. The van der Waals surface area contributed by atoms with Crippen LogP contribution in [0.4, 0.5) is 10.5 Å². The molecule has 8 nitrogen and oxygen atoms in total. The van der Waals surface area contributed by atoms with Gasteiger partial charge < -0.3 is 15.5 Å². The zero-order valence-corrected chi connectivity index (χ0v) is 26.5. The van der Waals surface area contributed by atoms with E-state index in [-0.39, 0.29) is 11.8 Å². The molecule has 3 N–H and O–H groups in total. The van der Waals surface area contributed by atoms with Crippen molar-refractivity contribution < 1.29 is 19.8 Å². The predicted octanol–water partition coefficient (Wildman–Crippen LogP) is 6.94. The van der Waals surface area contributed by atoms with Gasteiger partial charge in [0.1, 0.15) is 6.10 Å². The van der Waals surface area contributed by atoms with E-state index in [0.29, 0.717) is 30.5 Å². The molecule has 2 amide bonds. The van der Waals surface area contributed by atoms with Gasteiger partial charge in [-0.3, -0.25) is 14.7 Å². The number of pyridine rings is 1. The molecule has 0 spiro atoms. The zero-order valence-electron chi connectivity index (χ0n) is 22.5. The Labute approximate surface area is 254 Å². The number of likely N-dealkylation sites (tertiary alicyclic amines) is 1. The van der Waals surface area contributed by atoms with E-state index >= 15 is 0 Å². The molecule has 212 valence electrons. The number of carbonyl (C=O) groups is 2. The predicted molar refractivity (Wildman–Crippen MR) is 162 cm³/mol. The lowest BCUT2D eigenvalue weighted by molar-refractivity contribution is -0.117. The van der Waals surface area contributed by atoms with Gasteiger partial charge in [0.15, 0.2) is 3.92 Å². The summed E-state index contributed by atoms with van der Waals surface area (Å²) in [6.07, 6.45) is 4.39. The van der Waals surface area contributed by atoms with E-state index in [4.69, 9.17) is 0 Å². The number of carbonyl (C=O) groups excluding carboxylic acids is 1. The molecular formula is C29H32Br2N4O4S. The van der Waals surface area contributed by atoms with Gasteiger partial charge in [0, 0.05) is 27.3 Å². The molecule has 0 unspecified atom stereocenters. The van der Waals surface area contributed by atoms with E-state index in [1.54, 1.807) is 35.9 Å². The van der Waals surface area contributed by atoms with Crippen LogP contribution in [0, 0.1) is 5.41 Å². The van der Waals surface area contributed by atoms with Gasteiger partial charge >= 0.3 is 6.09 Å². The average Bonchev–Trinajstić information content (AvgIpc) is 3.58. The molecule has 0 bridgehead atoms. The van der Waals surface area contributed by atoms with Crippen molar-refractivity contribution in [2.45, 2.75) is 76.5 Å². The second-order valence-electron chi connectivity index (χ2n) is 11.6. The summed E-state index contributed by atoms with van der Waals surface area (Å²) in [6, 6.07) is 8.69. The molecule has 5 rings (SSSR count). The van der Waals surface area contributed by atoms with E-state index in [0.717, 1.165) is 37.4 Å². The fourth-order valence-electron chi connectivity index (χ4n) is 6.31. The summed E-state index contributed by atoms with van der Waals surface area (Å²) in [4.78, 5) is 37.2. The number of hydrogen-bond acceptors (Lipinski definition) is 6. The van der Waals surface area contributed by atoms with Crippen LogP contribution in [-0.4, -0.2) is 48.7 Å². The Hall–Kier alpha value is -2.34. The van der Waals surface area contributed by atoms with Crippen LogP contribution >= 0.6 is 43.2 Å². The molecule has 11 heteroatoms. The molecule has 1 aromatic carbocycles. The Bertz CT molecular complexity index is 1430. The standard InChI is InChI=1S/C29H32Br2N4O4S/c1-28(2,3)29(11-10-21(35(29)27(38)39)24(36)17-5-4-12-32-15-17)14-16-6-8-20(19(30)13-16)33-25(37)18-7-9-22-23(18)34-26(31)40-22/h4-6,8,12-13,15,18,21,24,36H,7,9-11,14H2,1-3H3,(H,33,37)(H,38,39)/t18-,21+,24+,29-/m0/s1. The highest BCUT2D eigenvalue weighted by molar-refractivity contribution is 9.11. The zero-order chi connectivity index (χ0) is 28.8. The van der Waals surface area contributed by atoms with Crippen LogP contribution in [0.2, 0.25) is 0 Å². The number of amides is 2. The number of benzene rings is 1. The van der Waals surface area contributed by atoms with Gasteiger partial charge in [0.2, 0.25) is 5.91 Å². The topological polar surface area (TPSA) is 116 Å². The highest BCUT2D eigenvalue weighted by Gasteiger charge is 2.57. The van der Waals surface area contributed by atoms with Crippen LogP contribution in [-0.2, 0) is 17.6 Å². The SMILES string of the molecule is CC(C)(C)[C@@]1(Cc2ccc(NC(=O)[C@H]3CCc4sc(Br)nc43)c(Br)c2)CC[C@H]([C@H](O)c2cccnc2)N1C(=O)O. The first kappa shape index (κ1) is 29.2. The van der Waals surface area contributed by atoms with Crippen molar-refractivity contribution in [2.75, 3.05) is 5.32 Å². The second kappa shape index (κ2) is 11.2. The minimum absolute atomic E-state index is 0.0868. The summed E-state index contributed by atoms with van der Waals surface area (Å²) in [5, 5.41) is 24.7. The molecule has 1 aliphatic carbocycles. The lowest BCUT2D eigenvalue weighted by Gasteiger charge is -2.49. The summed E-state index contributed by atoms with van der Waals surface area (Å²) >= 11 is 8.64. The fraction of sp³-hybridized carbons (Fsp3) is 0.448. The normalized spacial score (nSPS) is 23.2. The van der Waals surface area contributed by atoms with Crippen LogP contribution in [0.1, 0.15) is 73.8 Å². The summed E-state index contributed by atoms with van der Waals surface area (Å²) < 4.78 is 1.53. The van der Waals surface area contributed by atoms with Gasteiger partial charge in [-0.2, -0.15) is 0 Å². The Morgan fingerprint density at radius 3 is 2.67 bits per heavy atom. The van der Waals surface area contributed by atoms with Crippen molar-refractivity contribution in [1.82, 2.24) is 14.9 Å². The number of carboxylic acid groups (broad SMARTS) is 1. The maximum absolute atomic E-state index is 13.1. The maximum Gasteiger partial charge on any atom is 0.408 e. The van der Waals surface area contributed by atoms with Gasteiger partial charge in [-0.1, -0.05) is 32.9 Å². The lowest BCUT2D eigenvalue weighted by atomic mass is 9.68. The average molecular weight is 692 g/mol. The maximum atomic E-state index is 13.1. The van der Waals surface area contributed by atoms with Crippen LogP contribution in [0.15, 0.2) is 51.1 Å². The van der Waals surface area contributed by atoms with Gasteiger partial charge in [0.05, 0.1) is 28.9 Å². The molecule has 4 atom stereocenters. The number of aryl methyl sites for hydroxylation is 1. The highest BCUT2D eigenvalue weighted by atomic mass is 79.9. The smallest absolute Gasteiger partial charge is 0.408 e. The molecule has 2 aliphatic rings. The first-order valence-corrected chi connectivity index (χ1v) is 15.7. The number of aliphatic hydroxyl groups excluding tert-OH is 1. The number of aromatic nitrogens is 2. The van der Waals surface area contributed by atoms with Gasteiger partial charge in [0.25, 0.3) is 0 Å². The number of nitrogens with one attached hydrogen (secondary N) is 1. The molecule has 1 saturated heterocycles. The molecular weight excluding hydrogens is 660 g/mol. The van der Waals surface area contributed by atoms with E-state index < -0.39 is 29.2 Å². The van der Waals surface area contributed by atoms with Gasteiger partial charge in [-0.25, -0.2) is 9.78 Å². The van der Waals surface area contributed by atoms with Crippen molar-refractivity contribution >= 4 is 60.9 Å². The van der Waals surface area contributed by atoms with Crippen LogP contribution < -0.4 is 5.32 Å². The molecule has 2 aromatic heterocycles. The van der Waals surface area contributed by atoms with E-state index in [9.17, 15) is 19.8 Å². The Kier molecular flexibility index (Phi) is 8.13. The minimum atomic E-state index is -1.05. The first-order valence-electron chi connectivity index (χ1n) is 13.3. The van der Waals surface area contributed by atoms with Crippen molar-refractivity contribution in [3.05, 3.63) is 72.8 Å². The van der Waals surface area contributed by atoms with Crippen molar-refractivity contribution in [3.63, 3.8) is 0 Å². The first-order chi connectivity index (χ1) is 18.9. The quantitative estimate of drug-likeness (QED) is 0.258. The third-order valence-electron chi connectivity index (χ3n) is 8.44. The number of thiazole rings is 1. The Balaban J connectivity index is 1.39. The second-order valence-corrected chi connectivity index (χ2v) is 14.8. The van der Waals surface area contributed by atoms with Gasteiger partial charge in [-0.15, -0.1) is 11.3 Å². The Morgan fingerprint density at radius 1 is 1.25 bits per heavy atom. The molecule has 0 saturated carbocycles. The molecule has 0 radical (unpaired) electrons. The number of rotatable bonds is 6. The molecule has 3 heterocycles. The van der Waals surface area contributed by atoms with E-state index in [2.05, 4.69) is 67.9 Å². The molecule has 1 aliphatic heterocycles. The summed E-state index contributed by atoms with van der Waals surface area (Å²) in [6.45, 7) is 6.16. The minimum Gasteiger partial charge on any atom is -0.465 e. The number of fused-ring (bicyclic) bond motifs is 1. The number of aliphatic hydroxyl groups is 1. The van der Waals surface area contributed by atoms with Crippen LogP contribution in [0.3, 0.4) is 0 Å². The number of hydrogen-bond donors (Lipinski definition) is 3. The van der Waals surface area contributed by atoms with Crippen molar-refractivity contribution in [2.24, 2.45) is 5.41 Å². The lowest BCUT2D eigenvalue weighted by Crippen LogP contribution is -2.59. The summed E-state index contributed by atoms with van der Waals surface area (Å²) in [5.41, 5.74) is 1.88. The molecule has 3 aromatic rings. The summed E-state index contributed by atoms with van der Waals surface area (Å²) in [5.74, 6) is -0.365. The third-order valence-corrected chi connectivity index (χ3v) is 10.7. The van der Waals surface area contributed by atoms with Crippen LogP contribution in [0.25, 0.3) is 0 Å². The third kappa shape index (κ3) is 5.33. The summed E-state index contributed by atoms with van der Waals surface area (Å²) in [7, 11) is 0. The van der Waals surface area contributed by atoms with Crippen molar-refractivity contribution in [3.8, 4) is 0 Å². The number of nitrogens with zero attached hydrogens (tertiary/aromatic N) is 3. The highest BCUT2D eigenvalue weighted by Crippen LogP contribution is 2.51. The monoisotopic (exact) mass is 690 g/mol. The van der Waals surface area contributed by atoms with Gasteiger partial charge in [-0.05, 0) is 93.1 Å². The molecule has 40 heavy (non-hydrogen) atoms. The van der Waals surface area contributed by atoms with Crippen LogP contribution in [0.5, 0.6) is 0 Å². The fourth-order valence-corrected chi connectivity index (χ4v) is 8.47. The molecule has 1 fully saturated rings.